The molecule has 0 fully saturated rings. The van der Waals surface area contributed by atoms with E-state index in [4.69, 9.17) is 14.2 Å². The smallest absolute Gasteiger partial charge is 0.342 e. The molecule has 3 heterocycles. The van der Waals surface area contributed by atoms with Gasteiger partial charge in [-0.1, -0.05) is 19.9 Å². The number of hydrogen-bond acceptors (Lipinski definition) is 7. The molecule has 9 nitrogen and oxygen atoms in total. The van der Waals surface area contributed by atoms with Crippen molar-refractivity contribution in [1.29, 1.82) is 0 Å². The number of amides is 1. The summed E-state index contributed by atoms with van der Waals surface area (Å²) in [6.07, 6.45) is 3.09. The monoisotopic (exact) mass is 422 g/mol. The van der Waals surface area contributed by atoms with E-state index in [0.717, 1.165) is 0 Å². The van der Waals surface area contributed by atoms with E-state index in [1.165, 1.54) is 6.20 Å². The quantitative estimate of drug-likeness (QED) is 0.609. The van der Waals surface area contributed by atoms with Gasteiger partial charge in [0.05, 0.1) is 11.9 Å². The Balaban J connectivity index is 1.42. The van der Waals surface area contributed by atoms with Crippen LogP contribution in [0.2, 0.25) is 0 Å². The van der Waals surface area contributed by atoms with Gasteiger partial charge in [-0.15, -0.1) is 0 Å². The van der Waals surface area contributed by atoms with Gasteiger partial charge in [0.1, 0.15) is 18.8 Å². The summed E-state index contributed by atoms with van der Waals surface area (Å²) >= 11 is 0. The molecule has 0 saturated carbocycles. The fourth-order valence-corrected chi connectivity index (χ4v) is 3.26. The average molecular weight is 422 g/mol. The fourth-order valence-electron chi connectivity index (χ4n) is 3.26. The zero-order chi connectivity index (χ0) is 21.8. The van der Waals surface area contributed by atoms with Crippen LogP contribution in [0, 0.1) is 0 Å². The predicted molar refractivity (Wildman–Crippen MR) is 112 cm³/mol. The summed E-state index contributed by atoms with van der Waals surface area (Å²) in [6, 6.07) is 10.5. The molecule has 0 aliphatic carbocycles. The van der Waals surface area contributed by atoms with Crippen molar-refractivity contribution in [2.24, 2.45) is 0 Å². The van der Waals surface area contributed by atoms with Crippen molar-refractivity contribution in [3.63, 3.8) is 0 Å². The van der Waals surface area contributed by atoms with Crippen molar-refractivity contribution < 1.29 is 23.8 Å². The number of hydrogen-bond donors (Lipinski definition) is 1. The molecule has 1 aromatic carbocycles. The fraction of sp³-hybridized carbons (Fsp3) is 0.273. The molecule has 2 aromatic heterocycles. The van der Waals surface area contributed by atoms with Gasteiger partial charge >= 0.3 is 5.97 Å². The highest BCUT2D eigenvalue weighted by atomic mass is 16.6. The second-order valence-electron chi connectivity index (χ2n) is 7.18. The Kier molecular flexibility index (Phi) is 5.83. The SMILES string of the molecule is CC(C)c1c(C(=O)OCC(=O)Nc2ccc3c(c2)OCCO3)cnn1-c1ccccn1. The van der Waals surface area contributed by atoms with Crippen molar-refractivity contribution in [3.8, 4) is 17.3 Å². The molecule has 1 amide bonds. The van der Waals surface area contributed by atoms with Gasteiger partial charge in [0.15, 0.2) is 23.9 Å². The minimum absolute atomic E-state index is 0.0152. The van der Waals surface area contributed by atoms with Crippen LogP contribution in [0.3, 0.4) is 0 Å². The van der Waals surface area contributed by atoms with Crippen LogP contribution >= 0.6 is 0 Å². The summed E-state index contributed by atoms with van der Waals surface area (Å²) in [7, 11) is 0. The van der Waals surface area contributed by atoms with E-state index in [-0.39, 0.29) is 5.92 Å². The molecule has 9 heteroatoms. The van der Waals surface area contributed by atoms with Crippen molar-refractivity contribution in [1.82, 2.24) is 14.8 Å². The van der Waals surface area contributed by atoms with Crippen molar-refractivity contribution in [2.75, 3.05) is 25.1 Å². The molecule has 1 aliphatic rings. The first-order valence-electron chi connectivity index (χ1n) is 9.89. The van der Waals surface area contributed by atoms with Crippen LogP contribution in [-0.4, -0.2) is 46.5 Å². The lowest BCUT2D eigenvalue weighted by atomic mass is 10.1. The normalized spacial score (nSPS) is 12.5. The highest BCUT2D eigenvalue weighted by Crippen LogP contribution is 2.32. The van der Waals surface area contributed by atoms with Gasteiger partial charge < -0.3 is 19.5 Å². The molecule has 0 atom stereocenters. The molecule has 0 saturated heterocycles. The van der Waals surface area contributed by atoms with E-state index in [9.17, 15) is 9.59 Å². The Bertz CT molecular complexity index is 1090. The third kappa shape index (κ3) is 4.50. The molecule has 0 bridgehead atoms. The third-order valence-corrected chi connectivity index (χ3v) is 4.60. The molecular weight excluding hydrogens is 400 g/mol. The zero-order valence-corrected chi connectivity index (χ0v) is 17.2. The number of rotatable bonds is 6. The van der Waals surface area contributed by atoms with Gasteiger partial charge in [0.2, 0.25) is 0 Å². The minimum atomic E-state index is -0.622. The largest absolute Gasteiger partial charge is 0.486 e. The molecule has 4 rings (SSSR count). The Hall–Kier alpha value is -3.88. The second-order valence-corrected chi connectivity index (χ2v) is 7.18. The number of carbonyl (C=O) groups excluding carboxylic acids is 2. The lowest BCUT2D eigenvalue weighted by Gasteiger charge is -2.19. The molecule has 0 radical (unpaired) electrons. The lowest BCUT2D eigenvalue weighted by molar-refractivity contribution is -0.119. The number of aromatic nitrogens is 3. The van der Waals surface area contributed by atoms with Crippen LogP contribution in [0.25, 0.3) is 5.82 Å². The van der Waals surface area contributed by atoms with Gasteiger partial charge in [0.25, 0.3) is 5.91 Å². The average Bonchev–Trinajstić information content (AvgIpc) is 3.24. The van der Waals surface area contributed by atoms with E-state index >= 15 is 0 Å². The van der Waals surface area contributed by atoms with Gasteiger partial charge in [-0.25, -0.2) is 14.5 Å². The number of esters is 1. The molecule has 0 unspecified atom stereocenters. The summed E-state index contributed by atoms with van der Waals surface area (Å²) in [5.41, 5.74) is 1.49. The molecule has 31 heavy (non-hydrogen) atoms. The zero-order valence-electron chi connectivity index (χ0n) is 17.2. The number of fused-ring (bicyclic) bond motifs is 1. The number of anilines is 1. The van der Waals surface area contributed by atoms with E-state index in [1.807, 2.05) is 19.9 Å². The van der Waals surface area contributed by atoms with Crippen LogP contribution in [-0.2, 0) is 9.53 Å². The van der Waals surface area contributed by atoms with Crippen LogP contribution in [0.4, 0.5) is 5.69 Å². The van der Waals surface area contributed by atoms with Crippen molar-refractivity contribution >= 4 is 17.6 Å². The van der Waals surface area contributed by atoms with Gasteiger partial charge in [0, 0.05) is 18.0 Å². The van der Waals surface area contributed by atoms with E-state index in [1.54, 1.807) is 41.2 Å². The summed E-state index contributed by atoms with van der Waals surface area (Å²) in [5.74, 6) is 0.683. The predicted octanol–water partition coefficient (Wildman–Crippen LogP) is 2.96. The van der Waals surface area contributed by atoms with Gasteiger partial charge in [-0.3, -0.25) is 4.79 Å². The molecule has 1 N–H and O–H groups in total. The topological polar surface area (TPSA) is 105 Å². The van der Waals surface area contributed by atoms with Crippen molar-refractivity contribution in [2.45, 2.75) is 19.8 Å². The van der Waals surface area contributed by atoms with Crippen LogP contribution in [0.5, 0.6) is 11.5 Å². The number of nitrogens with zero attached hydrogens (tertiary/aromatic N) is 3. The maximum absolute atomic E-state index is 12.7. The number of carbonyl (C=O) groups is 2. The first kappa shape index (κ1) is 20.4. The molecule has 0 spiro atoms. The van der Waals surface area contributed by atoms with Crippen LogP contribution < -0.4 is 14.8 Å². The summed E-state index contributed by atoms with van der Waals surface area (Å²) in [6.45, 7) is 4.40. The van der Waals surface area contributed by atoms with E-state index < -0.39 is 18.5 Å². The van der Waals surface area contributed by atoms with E-state index in [2.05, 4.69) is 15.4 Å². The molecule has 160 valence electrons. The Morgan fingerprint density at radius 2 is 1.97 bits per heavy atom. The molecule has 1 aliphatic heterocycles. The van der Waals surface area contributed by atoms with Gasteiger partial charge in [-0.2, -0.15) is 5.10 Å². The van der Waals surface area contributed by atoms with Crippen molar-refractivity contribution in [3.05, 3.63) is 60.0 Å². The highest BCUT2D eigenvalue weighted by Gasteiger charge is 2.23. The second kappa shape index (κ2) is 8.86. The first-order chi connectivity index (χ1) is 15.0. The molecular formula is C22H22N4O5. The van der Waals surface area contributed by atoms with Crippen LogP contribution in [0.15, 0.2) is 48.8 Å². The Morgan fingerprint density at radius 1 is 1.16 bits per heavy atom. The Labute approximate surface area is 178 Å². The number of benzene rings is 1. The number of pyridine rings is 1. The summed E-state index contributed by atoms with van der Waals surface area (Å²) in [5, 5.41) is 6.98. The minimum Gasteiger partial charge on any atom is -0.486 e. The highest BCUT2D eigenvalue weighted by molar-refractivity contribution is 5.96. The number of ether oxygens (including phenoxy) is 3. The number of nitrogens with one attached hydrogen (secondary N) is 1. The maximum Gasteiger partial charge on any atom is 0.342 e. The Morgan fingerprint density at radius 3 is 2.71 bits per heavy atom. The van der Waals surface area contributed by atoms with Gasteiger partial charge in [-0.05, 0) is 30.2 Å². The summed E-state index contributed by atoms with van der Waals surface area (Å²) in [4.78, 5) is 29.2. The third-order valence-electron chi connectivity index (χ3n) is 4.60. The first-order valence-corrected chi connectivity index (χ1v) is 9.89. The summed E-state index contributed by atoms with van der Waals surface area (Å²) < 4.78 is 17.8. The standard InChI is InChI=1S/C22H22N4O5/c1-14(2)21-16(12-24-26(21)19-5-3-4-8-23-19)22(28)31-13-20(27)25-15-6-7-17-18(11-15)30-10-9-29-17/h3-8,11-12,14H,9-10,13H2,1-2H3,(H,25,27). The maximum atomic E-state index is 12.7. The van der Waals surface area contributed by atoms with E-state index in [0.29, 0.717) is 47.5 Å². The lowest BCUT2D eigenvalue weighted by Crippen LogP contribution is -2.22. The van der Waals surface area contributed by atoms with Crippen LogP contribution in [0.1, 0.15) is 35.8 Å². The molecule has 3 aromatic rings.